The van der Waals surface area contributed by atoms with Gasteiger partial charge < -0.3 is 9.72 Å². The van der Waals surface area contributed by atoms with Gasteiger partial charge in [-0.05, 0) is 23.6 Å². The minimum atomic E-state index is -4.39. The van der Waals surface area contributed by atoms with Crippen molar-refractivity contribution >= 4 is 5.65 Å². The summed E-state index contributed by atoms with van der Waals surface area (Å²) in [6.07, 6.45) is -3.21. The molecule has 1 aromatic carbocycles. The van der Waals surface area contributed by atoms with Crippen LogP contribution in [-0.4, -0.2) is 40.5 Å². The van der Waals surface area contributed by atoms with Gasteiger partial charge in [-0.15, -0.1) is 0 Å². The molecule has 1 aliphatic rings. The molecule has 4 nitrogen and oxygen atoms in total. The van der Waals surface area contributed by atoms with Crippen LogP contribution < -0.4 is 5.32 Å². The highest BCUT2D eigenvalue weighted by Crippen LogP contribution is 2.32. The lowest BCUT2D eigenvalue weighted by molar-refractivity contribution is -0.137. The summed E-state index contributed by atoms with van der Waals surface area (Å²) in [5.74, 6) is 0.416. The lowest BCUT2D eigenvalue weighted by Crippen LogP contribution is -2.43. The van der Waals surface area contributed by atoms with Crippen LogP contribution in [0.2, 0.25) is 0 Å². The topological polar surface area (TPSA) is 32.6 Å². The fourth-order valence-corrected chi connectivity index (χ4v) is 3.75. The summed E-state index contributed by atoms with van der Waals surface area (Å²) in [6.45, 7) is 8.30. The van der Waals surface area contributed by atoms with Crippen molar-refractivity contribution in [3.63, 3.8) is 0 Å². The second-order valence-electron chi connectivity index (χ2n) is 7.85. The zero-order chi connectivity index (χ0) is 20.6. The second kappa shape index (κ2) is 7.80. The van der Waals surface area contributed by atoms with Gasteiger partial charge >= 0.3 is 6.18 Å². The minimum absolute atomic E-state index is 0.416. The first-order valence-corrected chi connectivity index (χ1v) is 9.94. The van der Waals surface area contributed by atoms with E-state index in [9.17, 15) is 13.2 Å². The van der Waals surface area contributed by atoms with Crippen molar-refractivity contribution in [1.82, 2.24) is 19.6 Å². The molecule has 1 N–H and O–H groups in total. The molecule has 1 aliphatic heterocycles. The van der Waals surface area contributed by atoms with E-state index in [1.54, 1.807) is 4.40 Å². The highest BCUT2D eigenvalue weighted by Gasteiger charge is 2.31. The molecule has 3 aromatic rings. The maximum absolute atomic E-state index is 13.3. The quantitative estimate of drug-likeness (QED) is 0.695. The third-order valence-corrected chi connectivity index (χ3v) is 5.48. The van der Waals surface area contributed by atoms with Gasteiger partial charge in [0.1, 0.15) is 5.65 Å². The van der Waals surface area contributed by atoms with E-state index in [4.69, 9.17) is 4.98 Å². The molecule has 0 radical (unpaired) electrons. The highest BCUT2D eigenvalue weighted by atomic mass is 19.4. The predicted molar refractivity (Wildman–Crippen MR) is 108 cm³/mol. The maximum atomic E-state index is 13.3. The first-order chi connectivity index (χ1) is 13.8. The first-order valence-electron chi connectivity index (χ1n) is 9.94. The molecular weight excluding hydrogens is 377 g/mol. The fourth-order valence-electron chi connectivity index (χ4n) is 3.75. The Morgan fingerprint density at radius 3 is 2.34 bits per heavy atom. The van der Waals surface area contributed by atoms with E-state index in [1.165, 1.54) is 17.8 Å². The third-order valence-electron chi connectivity index (χ3n) is 5.48. The Balaban J connectivity index is 1.82. The van der Waals surface area contributed by atoms with E-state index in [0.29, 0.717) is 18.1 Å². The van der Waals surface area contributed by atoms with Crippen LogP contribution in [0.4, 0.5) is 13.2 Å². The van der Waals surface area contributed by atoms with Gasteiger partial charge in [-0.3, -0.25) is 4.90 Å². The molecule has 7 heteroatoms. The van der Waals surface area contributed by atoms with Crippen LogP contribution in [0.5, 0.6) is 0 Å². The van der Waals surface area contributed by atoms with Crippen molar-refractivity contribution < 1.29 is 13.2 Å². The number of nitrogens with one attached hydrogen (secondary N) is 1. The largest absolute Gasteiger partial charge is 0.417 e. The van der Waals surface area contributed by atoms with Gasteiger partial charge in [-0.25, -0.2) is 4.98 Å². The van der Waals surface area contributed by atoms with E-state index in [1.807, 2.05) is 12.1 Å². The van der Waals surface area contributed by atoms with Crippen molar-refractivity contribution in [3.8, 4) is 11.3 Å². The summed E-state index contributed by atoms with van der Waals surface area (Å²) in [7, 11) is 0. The molecule has 0 atom stereocenters. The zero-order valence-corrected chi connectivity index (χ0v) is 16.6. The average molecular weight is 402 g/mol. The number of rotatable bonds is 4. The first kappa shape index (κ1) is 19.9. The van der Waals surface area contributed by atoms with Crippen LogP contribution in [0, 0.1) is 0 Å². The number of halogens is 3. The molecule has 0 spiro atoms. The number of hydrogen-bond acceptors (Lipinski definition) is 3. The molecule has 2 aromatic heterocycles. The van der Waals surface area contributed by atoms with E-state index < -0.39 is 11.7 Å². The van der Waals surface area contributed by atoms with E-state index >= 15 is 0 Å². The Bertz CT molecular complexity index is 984. The van der Waals surface area contributed by atoms with Crippen molar-refractivity contribution in [1.29, 1.82) is 0 Å². The molecule has 0 bridgehead atoms. The molecule has 154 valence electrons. The molecule has 0 unspecified atom stereocenters. The molecule has 0 saturated carbocycles. The van der Waals surface area contributed by atoms with Gasteiger partial charge in [0.2, 0.25) is 0 Å². The summed E-state index contributed by atoms with van der Waals surface area (Å²) in [6, 6.07) is 10.7. The molecule has 3 heterocycles. The summed E-state index contributed by atoms with van der Waals surface area (Å²) >= 11 is 0. The van der Waals surface area contributed by atoms with E-state index in [2.05, 4.69) is 36.2 Å². The van der Waals surface area contributed by atoms with Gasteiger partial charge in [0, 0.05) is 44.5 Å². The molecule has 29 heavy (non-hydrogen) atoms. The summed E-state index contributed by atoms with van der Waals surface area (Å²) in [5, 5.41) is 3.31. The number of hydrogen-bond donors (Lipinski definition) is 1. The summed E-state index contributed by atoms with van der Waals surface area (Å²) < 4.78 is 41.5. The van der Waals surface area contributed by atoms with Crippen LogP contribution in [0.25, 0.3) is 16.9 Å². The average Bonchev–Trinajstić information content (AvgIpc) is 3.06. The zero-order valence-electron chi connectivity index (χ0n) is 16.6. The Morgan fingerprint density at radius 2 is 1.72 bits per heavy atom. The van der Waals surface area contributed by atoms with Crippen molar-refractivity contribution in [2.45, 2.75) is 32.5 Å². The molecule has 1 saturated heterocycles. The molecule has 4 rings (SSSR count). The number of benzene rings is 1. The fraction of sp³-hybridized carbons (Fsp3) is 0.409. The lowest BCUT2D eigenvalue weighted by Gasteiger charge is -2.27. The number of piperazine rings is 1. The number of alkyl halides is 3. The molecular formula is C22H25F3N4. The highest BCUT2D eigenvalue weighted by molar-refractivity contribution is 5.67. The van der Waals surface area contributed by atoms with Crippen molar-refractivity contribution in [2.75, 3.05) is 26.2 Å². The lowest BCUT2D eigenvalue weighted by atomic mass is 10.0. The summed E-state index contributed by atoms with van der Waals surface area (Å²) in [4.78, 5) is 6.96. The van der Waals surface area contributed by atoms with E-state index in [0.717, 1.165) is 49.2 Å². The Labute approximate surface area is 168 Å². The van der Waals surface area contributed by atoms with Crippen LogP contribution in [0.15, 0.2) is 42.6 Å². The van der Waals surface area contributed by atoms with Crippen molar-refractivity contribution in [2.24, 2.45) is 0 Å². The SMILES string of the molecule is CC(C)c1ccc(-c2nc3ccc(C(F)(F)F)cn3c2CN2CCNCC2)cc1. The van der Waals surface area contributed by atoms with Gasteiger partial charge in [0.25, 0.3) is 0 Å². The van der Waals surface area contributed by atoms with Gasteiger partial charge in [-0.2, -0.15) is 13.2 Å². The molecule has 1 fully saturated rings. The Kier molecular flexibility index (Phi) is 5.36. The number of aromatic nitrogens is 2. The monoisotopic (exact) mass is 402 g/mol. The smallest absolute Gasteiger partial charge is 0.314 e. The number of pyridine rings is 1. The molecule has 0 aliphatic carbocycles. The Hall–Kier alpha value is -2.38. The Morgan fingerprint density at radius 1 is 1.03 bits per heavy atom. The standard InChI is InChI=1S/C22H25F3N4/c1-15(2)16-3-5-17(6-4-16)21-19(14-28-11-9-26-10-12-28)29-13-18(22(23,24)25)7-8-20(29)27-21/h3-8,13,15,26H,9-12,14H2,1-2H3. The summed E-state index contributed by atoms with van der Waals surface area (Å²) in [5.41, 5.74) is 3.57. The van der Waals surface area contributed by atoms with Crippen molar-refractivity contribution in [3.05, 3.63) is 59.4 Å². The normalized spacial score (nSPS) is 16.1. The van der Waals surface area contributed by atoms with Gasteiger partial charge in [0.15, 0.2) is 0 Å². The number of imidazole rings is 1. The van der Waals surface area contributed by atoms with E-state index in [-0.39, 0.29) is 0 Å². The maximum Gasteiger partial charge on any atom is 0.417 e. The minimum Gasteiger partial charge on any atom is -0.314 e. The van der Waals surface area contributed by atoms with Crippen LogP contribution in [0.3, 0.4) is 0 Å². The van der Waals surface area contributed by atoms with Crippen LogP contribution in [-0.2, 0) is 12.7 Å². The third kappa shape index (κ3) is 4.16. The van der Waals surface area contributed by atoms with Crippen LogP contribution >= 0.6 is 0 Å². The van der Waals surface area contributed by atoms with Gasteiger partial charge in [-0.1, -0.05) is 38.1 Å². The van der Waals surface area contributed by atoms with Gasteiger partial charge in [0.05, 0.1) is 17.0 Å². The predicted octanol–water partition coefficient (Wildman–Crippen LogP) is 4.55. The molecule has 0 amide bonds. The van der Waals surface area contributed by atoms with Crippen LogP contribution in [0.1, 0.15) is 36.6 Å². The second-order valence-corrected chi connectivity index (χ2v) is 7.85. The number of fused-ring (bicyclic) bond motifs is 1. The number of nitrogens with zero attached hydrogens (tertiary/aromatic N) is 3.